The zero-order valence-electron chi connectivity index (χ0n) is 14.1. The topological polar surface area (TPSA) is 75.3 Å². The Morgan fingerprint density at radius 3 is 2.41 bits per heavy atom. The Balaban J connectivity index is 1.77. The minimum Gasteiger partial charge on any atom is -0.319 e. The van der Waals surface area contributed by atoms with E-state index in [1.54, 1.807) is 0 Å². The molecule has 2 aromatic rings. The first-order valence-electron chi connectivity index (χ1n) is 8.34. The zero-order chi connectivity index (χ0) is 19.6. The van der Waals surface area contributed by atoms with Crippen LogP contribution in [0.1, 0.15) is 36.0 Å². The predicted octanol–water partition coefficient (Wildman–Crippen LogP) is 4.61. The summed E-state index contributed by atoms with van der Waals surface area (Å²) in [7, 11) is -3.81. The molecule has 2 aromatic carbocycles. The molecule has 1 amide bonds. The van der Waals surface area contributed by atoms with Gasteiger partial charge in [-0.3, -0.25) is 4.79 Å². The van der Waals surface area contributed by atoms with Gasteiger partial charge in [0.25, 0.3) is 5.91 Å². The van der Waals surface area contributed by atoms with Gasteiger partial charge in [0, 0.05) is 11.1 Å². The van der Waals surface area contributed by atoms with Gasteiger partial charge >= 0.3 is 0 Å². The van der Waals surface area contributed by atoms with Crippen molar-refractivity contribution in [2.75, 3.05) is 5.32 Å². The molecule has 5 nitrogen and oxygen atoms in total. The Bertz CT molecular complexity index is 977. The summed E-state index contributed by atoms with van der Waals surface area (Å²) in [5.41, 5.74) is -0.0223. The number of hydrogen-bond acceptors (Lipinski definition) is 3. The highest BCUT2D eigenvalue weighted by atomic mass is 35.5. The van der Waals surface area contributed by atoms with Crippen LogP contribution in [0, 0.1) is 5.82 Å². The third-order valence-corrected chi connectivity index (χ3v) is 6.42. The SMILES string of the molecule is O=C(Nc1ccc(S(=O)(=O)NC2CCCC2)cc1F)c1ccc(Cl)cc1Cl. The monoisotopic (exact) mass is 430 g/mol. The number of hydrogen-bond donors (Lipinski definition) is 2. The Hall–Kier alpha value is -1.67. The predicted molar refractivity (Wildman–Crippen MR) is 103 cm³/mol. The Morgan fingerprint density at radius 2 is 1.78 bits per heavy atom. The van der Waals surface area contributed by atoms with Crippen LogP contribution in [0.4, 0.5) is 10.1 Å². The number of rotatable bonds is 5. The van der Waals surface area contributed by atoms with Gasteiger partial charge in [-0.1, -0.05) is 36.0 Å². The molecule has 144 valence electrons. The molecule has 0 aromatic heterocycles. The molecule has 2 N–H and O–H groups in total. The standard InChI is InChI=1S/C18H17Cl2FN2O3S/c19-11-5-7-14(15(20)9-11)18(24)22-17-8-6-13(10-16(17)21)27(25,26)23-12-3-1-2-4-12/h5-10,12,23H,1-4H2,(H,22,24). The molecular formula is C18H17Cl2FN2O3S. The van der Waals surface area contributed by atoms with Crippen molar-refractivity contribution in [3.8, 4) is 0 Å². The molecule has 0 spiro atoms. The van der Waals surface area contributed by atoms with Gasteiger partial charge in [0.15, 0.2) is 0 Å². The van der Waals surface area contributed by atoms with E-state index in [-0.39, 0.29) is 27.2 Å². The van der Waals surface area contributed by atoms with Gasteiger partial charge in [-0.25, -0.2) is 17.5 Å². The van der Waals surface area contributed by atoms with Crippen LogP contribution in [-0.4, -0.2) is 20.4 Å². The number of benzene rings is 2. The van der Waals surface area contributed by atoms with Gasteiger partial charge in [0.2, 0.25) is 10.0 Å². The summed E-state index contributed by atoms with van der Waals surface area (Å²) in [6.07, 6.45) is 3.49. The Labute approximate surface area is 166 Å². The first kappa shape index (κ1) is 20.1. The van der Waals surface area contributed by atoms with Gasteiger partial charge in [-0.05, 0) is 49.2 Å². The maximum Gasteiger partial charge on any atom is 0.257 e. The highest BCUT2D eigenvalue weighted by Crippen LogP contribution is 2.25. The lowest BCUT2D eigenvalue weighted by Crippen LogP contribution is -2.32. The second-order valence-corrected chi connectivity index (χ2v) is 8.88. The van der Waals surface area contributed by atoms with Crippen molar-refractivity contribution >= 4 is 44.8 Å². The van der Waals surface area contributed by atoms with E-state index >= 15 is 0 Å². The van der Waals surface area contributed by atoms with E-state index in [9.17, 15) is 17.6 Å². The normalized spacial score (nSPS) is 15.1. The smallest absolute Gasteiger partial charge is 0.257 e. The number of nitrogens with one attached hydrogen (secondary N) is 2. The van der Waals surface area contributed by atoms with E-state index in [0.717, 1.165) is 31.7 Å². The third-order valence-electron chi connectivity index (χ3n) is 4.35. The molecule has 0 saturated heterocycles. The molecule has 0 aliphatic heterocycles. The first-order valence-corrected chi connectivity index (χ1v) is 10.6. The quantitative estimate of drug-likeness (QED) is 0.727. The molecule has 0 atom stereocenters. The molecule has 1 saturated carbocycles. The highest BCUT2D eigenvalue weighted by Gasteiger charge is 2.24. The number of amides is 1. The summed E-state index contributed by atoms with van der Waals surface area (Å²) in [6, 6.07) is 7.53. The molecule has 0 bridgehead atoms. The maximum atomic E-state index is 14.4. The summed E-state index contributed by atoms with van der Waals surface area (Å²) in [5.74, 6) is -1.49. The summed E-state index contributed by atoms with van der Waals surface area (Å²) in [6.45, 7) is 0. The molecule has 1 fully saturated rings. The van der Waals surface area contributed by atoms with Crippen LogP contribution < -0.4 is 10.0 Å². The second kappa shape index (κ2) is 8.14. The van der Waals surface area contributed by atoms with Crippen LogP contribution in [-0.2, 0) is 10.0 Å². The molecule has 1 aliphatic rings. The fourth-order valence-corrected chi connectivity index (χ4v) is 4.77. The van der Waals surface area contributed by atoms with Crippen LogP contribution in [0.25, 0.3) is 0 Å². The lowest BCUT2D eigenvalue weighted by Gasteiger charge is -2.13. The van der Waals surface area contributed by atoms with Crippen molar-refractivity contribution in [3.05, 3.63) is 57.8 Å². The Morgan fingerprint density at radius 1 is 1.07 bits per heavy atom. The molecule has 0 heterocycles. The van der Waals surface area contributed by atoms with Crippen molar-refractivity contribution in [1.82, 2.24) is 4.72 Å². The maximum absolute atomic E-state index is 14.4. The van der Waals surface area contributed by atoms with Crippen LogP contribution in [0.5, 0.6) is 0 Å². The number of carbonyl (C=O) groups excluding carboxylic acids is 1. The van der Waals surface area contributed by atoms with Crippen molar-refractivity contribution in [2.45, 2.75) is 36.6 Å². The molecule has 1 aliphatic carbocycles. The van der Waals surface area contributed by atoms with E-state index in [1.807, 2.05) is 0 Å². The van der Waals surface area contributed by atoms with Crippen molar-refractivity contribution in [1.29, 1.82) is 0 Å². The van der Waals surface area contributed by atoms with Crippen LogP contribution in [0.2, 0.25) is 10.0 Å². The lowest BCUT2D eigenvalue weighted by molar-refractivity contribution is 0.102. The lowest BCUT2D eigenvalue weighted by atomic mass is 10.2. The molecule has 27 heavy (non-hydrogen) atoms. The van der Waals surface area contributed by atoms with Crippen molar-refractivity contribution < 1.29 is 17.6 Å². The fraction of sp³-hybridized carbons (Fsp3) is 0.278. The van der Waals surface area contributed by atoms with Gasteiger partial charge in [-0.2, -0.15) is 0 Å². The van der Waals surface area contributed by atoms with Gasteiger partial charge in [0.05, 0.1) is 21.2 Å². The van der Waals surface area contributed by atoms with Crippen molar-refractivity contribution in [3.63, 3.8) is 0 Å². The zero-order valence-corrected chi connectivity index (χ0v) is 16.5. The van der Waals surface area contributed by atoms with E-state index in [4.69, 9.17) is 23.2 Å². The van der Waals surface area contributed by atoms with Crippen LogP contribution in [0.3, 0.4) is 0 Å². The first-order chi connectivity index (χ1) is 12.8. The Kier molecular flexibility index (Phi) is 6.05. The number of anilines is 1. The largest absolute Gasteiger partial charge is 0.319 e. The summed E-state index contributed by atoms with van der Waals surface area (Å²) >= 11 is 11.8. The number of halogens is 3. The molecule has 0 radical (unpaired) electrons. The fourth-order valence-electron chi connectivity index (χ4n) is 2.96. The number of carbonyl (C=O) groups is 1. The molecular weight excluding hydrogens is 414 g/mol. The van der Waals surface area contributed by atoms with Crippen molar-refractivity contribution in [2.24, 2.45) is 0 Å². The van der Waals surface area contributed by atoms with E-state index in [2.05, 4.69) is 10.0 Å². The van der Waals surface area contributed by atoms with Gasteiger partial charge < -0.3 is 5.32 Å². The molecule has 9 heteroatoms. The average Bonchev–Trinajstić information content (AvgIpc) is 3.08. The van der Waals surface area contributed by atoms with Gasteiger partial charge in [0.1, 0.15) is 5.82 Å². The van der Waals surface area contributed by atoms with Crippen LogP contribution in [0.15, 0.2) is 41.3 Å². The molecule has 3 rings (SSSR count). The number of sulfonamides is 1. The van der Waals surface area contributed by atoms with Crippen LogP contribution >= 0.6 is 23.2 Å². The van der Waals surface area contributed by atoms with Gasteiger partial charge in [-0.15, -0.1) is 0 Å². The van der Waals surface area contributed by atoms with E-state index in [1.165, 1.54) is 30.3 Å². The summed E-state index contributed by atoms with van der Waals surface area (Å²) < 4.78 is 41.7. The third kappa shape index (κ3) is 4.79. The summed E-state index contributed by atoms with van der Waals surface area (Å²) in [5, 5.41) is 2.87. The highest BCUT2D eigenvalue weighted by molar-refractivity contribution is 7.89. The van der Waals surface area contributed by atoms with E-state index in [0.29, 0.717) is 5.02 Å². The minimum atomic E-state index is -3.81. The average molecular weight is 431 g/mol. The summed E-state index contributed by atoms with van der Waals surface area (Å²) in [4.78, 5) is 12.1. The molecule has 0 unspecified atom stereocenters. The van der Waals surface area contributed by atoms with E-state index < -0.39 is 21.7 Å². The second-order valence-electron chi connectivity index (χ2n) is 6.32. The minimum absolute atomic E-state index is 0.121.